The maximum absolute atomic E-state index is 12.6. The number of aryl methyl sites for hydroxylation is 1. The van der Waals surface area contributed by atoms with Crippen molar-refractivity contribution in [2.45, 2.75) is 26.8 Å². The summed E-state index contributed by atoms with van der Waals surface area (Å²) in [6.45, 7) is 6.31. The van der Waals surface area contributed by atoms with Crippen molar-refractivity contribution in [2.75, 3.05) is 13.7 Å². The van der Waals surface area contributed by atoms with Crippen LogP contribution in [0.15, 0.2) is 22.8 Å². The van der Waals surface area contributed by atoms with Crippen molar-refractivity contribution in [3.63, 3.8) is 0 Å². The van der Waals surface area contributed by atoms with Crippen LogP contribution in [0.3, 0.4) is 0 Å². The Balaban J connectivity index is 2.23. The number of carbonyl (C=O) groups is 1. The second kappa shape index (κ2) is 7.70. The minimum Gasteiger partial charge on any atom is -0.493 e. The van der Waals surface area contributed by atoms with Crippen LogP contribution in [-0.4, -0.2) is 29.4 Å². The summed E-state index contributed by atoms with van der Waals surface area (Å²) in [5.41, 5.74) is 2.51. The standard InChI is InChI=1S/C17H22BrN3O3/c1-6-24-16-14(18)7-12(8-15(16)23-5)17(22)20-10(2)13-9-19-21(4)11(13)3/h7-10H,6H2,1-5H3,(H,20,22). The summed E-state index contributed by atoms with van der Waals surface area (Å²) in [7, 11) is 3.43. The van der Waals surface area contributed by atoms with E-state index in [1.54, 1.807) is 30.1 Å². The number of rotatable bonds is 6. The molecule has 1 N–H and O–H groups in total. The van der Waals surface area contributed by atoms with Crippen LogP contribution in [0.25, 0.3) is 0 Å². The maximum atomic E-state index is 12.6. The van der Waals surface area contributed by atoms with E-state index < -0.39 is 0 Å². The van der Waals surface area contributed by atoms with Crippen LogP contribution < -0.4 is 14.8 Å². The zero-order valence-corrected chi connectivity index (χ0v) is 16.1. The van der Waals surface area contributed by atoms with Crippen LogP contribution in [0.5, 0.6) is 11.5 Å². The summed E-state index contributed by atoms with van der Waals surface area (Å²) in [5.74, 6) is 0.919. The third-order valence-electron chi connectivity index (χ3n) is 3.87. The van der Waals surface area contributed by atoms with Crippen molar-refractivity contribution >= 4 is 21.8 Å². The molecule has 24 heavy (non-hydrogen) atoms. The molecule has 1 aromatic carbocycles. The Morgan fingerprint density at radius 1 is 1.46 bits per heavy atom. The number of halogens is 1. The zero-order valence-electron chi connectivity index (χ0n) is 14.5. The molecule has 0 aliphatic rings. The van der Waals surface area contributed by atoms with E-state index in [1.165, 1.54) is 0 Å². The molecule has 1 aromatic heterocycles. The molecule has 1 unspecified atom stereocenters. The highest BCUT2D eigenvalue weighted by molar-refractivity contribution is 9.10. The molecule has 130 valence electrons. The molecule has 0 fully saturated rings. The first-order valence-corrected chi connectivity index (χ1v) is 8.48. The number of ether oxygens (including phenoxy) is 2. The SMILES string of the molecule is CCOc1c(Br)cc(C(=O)NC(C)c2cnn(C)c2C)cc1OC. The summed E-state index contributed by atoms with van der Waals surface area (Å²) < 4.78 is 13.3. The Bertz CT molecular complexity index is 743. The number of methoxy groups -OCH3 is 1. The van der Waals surface area contributed by atoms with Crippen molar-refractivity contribution < 1.29 is 14.3 Å². The lowest BCUT2D eigenvalue weighted by Crippen LogP contribution is -2.27. The second-order valence-electron chi connectivity index (χ2n) is 5.43. The van der Waals surface area contributed by atoms with E-state index in [9.17, 15) is 4.79 Å². The molecule has 2 aromatic rings. The van der Waals surface area contributed by atoms with Crippen molar-refractivity contribution in [3.8, 4) is 11.5 Å². The Hall–Kier alpha value is -2.02. The van der Waals surface area contributed by atoms with E-state index >= 15 is 0 Å². The predicted octanol–water partition coefficient (Wildman–Crippen LogP) is 3.39. The minimum absolute atomic E-state index is 0.150. The molecule has 0 saturated heterocycles. The van der Waals surface area contributed by atoms with Crippen LogP contribution in [0.1, 0.15) is 41.5 Å². The fourth-order valence-corrected chi connectivity index (χ4v) is 2.99. The predicted molar refractivity (Wildman–Crippen MR) is 95.7 cm³/mol. The lowest BCUT2D eigenvalue weighted by Gasteiger charge is -2.16. The first kappa shape index (κ1) is 18.3. The molecular weight excluding hydrogens is 374 g/mol. The van der Waals surface area contributed by atoms with E-state index in [0.29, 0.717) is 28.1 Å². The highest BCUT2D eigenvalue weighted by Gasteiger charge is 2.19. The average Bonchev–Trinajstić information content (AvgIpc) is 2.88. The van der Waals surface area contributed by atoms with Crippen molar-refractivity contribution in [1.82, 2.24) is 15.1 Å². The first-order valence-electron chi connectivity index (χ1n) is 7.68. The van der Waals surface area contributed by atoms with E-state index in [1.807, 2.05) is 27.8 Å². The quantitative estimate of drug-likeness (QED) is 0.813. The molecule has 2 rings (SSSR count). The van der Waals surface area contributed by atoms with Gasteiger partial charge in [0.25, 0.3) is 5.91 Å². The van der Waals surface area contributed by atoms with Gasteiger partial charge in [0.2, 0.25) is 0 Å². The Labute approximate surface area is 150 Å². The number of carbonyl (C=O) groups excluding carboxylic acids is 1. The molecule has 0 spiro atoms. The highest BCUT2D eigenvalue weighted by atomic mass is 79.9. The fourth-order valence-electron chi connectivity index (χ4n) is 2.43. The van der Waals surface area contributed by atoms with Crippen molar-refractivity contribution in [1.29, 1.82) is 0 Å². The molecule has 1 amide bonds. The molecule has 0 aliphatic carbocycles. The Kier molecular flexibility index (Phi) is 5.88. The number of aromatic nitrogens is 2. The summed E-state index contributed by atoms with van der Waals surface area (Å²) in [6.07, 6.45) is 1.77. The largest absolute Gasteiger partial charge is 0.493 e. The first-order chi connectivity index (χ1) is 11.4. The molecule has 0 bridgehead atoms. The van der Waals surface area contributed by atoms with Crippen molar-refractivity contribution in [2.24, 2.45) is 7.05 Å². The number of nitrogens with one attached hydrogen (secondary N) is 1. The molecule has 0 radical (unpaired) electrons. The summed E-state index contributed by atoms with van der Waals surface area (Å²) in [6, 6.07) is 3.25. The van der Waals surface area contributed by atoms with E-state index in [-0.39, 0.29) is 11.9 Å². The third-order valence-corrected chi connectivity index (χ3v) is 4.46. The number of hydrogen-bond donors (Lipinski definition) is 1. The van der Waals surface area contributed by atoms with Gasteiger partial charge >= 0.3 is 0 Å². The van der Waals surface area contributed by atoms with Gasteiger partial charge in [-0.05, 0) is 48.8 Å². The average molecular weight is 396 g/mol. The molecular formula is C17H22BrN3O3. The van der Waals surface area contributed by atoms with Gasteiger partial charge in [-0.1, -0.05) is 0 Å². The summed E-state index contributed by atoms with van der Waals surface area (Å²) >= 11 is 3.44. The van der Waals surface area contributed by atoms with Gasteiger partial charge in [-0.15, -0.1) is 0 Å². The van der Waals surface area contributed by atoms with Gasteiger partial charge in [-0.3, -0.25) is 9.48 Å². The Morgan fingerprint density at radius 2 is 2.17 bits per heavy atom. The number of hydrogen-bond acceptors (Lipinski definition) is 4. The number of amides is 1. The van der Waals surface area contributed by atoms with Gasteiger partial charge in [0.05, 0.1) is 30.4 Å². The molecule has 1 heterocycles. The summed E-state index contributed by atoms with van der Waals surface area (Å²) in [5, 5.41) is 7.20. The lowest BCUT2D eigenvalue weighted by atomic mass is 10.1. The second-order valence-corrected chi connectivity index (χ2v) is 6.28. The number of benzene rings is 1. The Morgan fingerprint density at radius 3 is 2.71 bits per heavy atom. The van der Waals surface area contributed by atoms with Crippen molar-refractivity contribution in [3.05, 3.63) is 39.6 Å². The van der Waals surface area contributed by atoms with Crippen LogP contribution in [0.4, 0.5) is 0 Å². The zero-order chi connectivity index (χ0) is 17.9. The molecule has 1 atom stereocenters. The van der Waals surface area contributed by atoms with E-state index in [0.717, 1.165) is 11.3 Å². The van der Waals surface area contributed by atoms with Crippen LogP contribution in [-0.2, 0) is 7.05 Å². The van der Waals surface area contributed by atoms with Gasteiger partial charge in [-0.2, -0.15) is 5.10 Å². The van der Waals surface area contributed by atoms with E-state index in [2.05, 4.69) is 26.3 Å². The molecule has 0 saturated carbocycles. The summed E-state index contributed by atoms with van der Waals surface area (Å²) in [4.78, 5) is 12.6. The smallest absolute Gasteiger partial charge is 0.251 e. The number of nitrogens with zero attached hydrogens (tertiary/aromatic N) is 2. The molecule has 0 aliphatic heterocycles. The van der Waals surface area contributed by atoms with Gasteiger partial charge in [0.1, 0.15) is 0 Å². The van der Waals surface area contributed by atoms with Crippen LogP contribution >= 0.6 is 15.9 Å². The maximum Gasteiger partial charge on any atom is 0.251 e. The van der Waals surface area contributed by atoms with Gasteiger partial charge < -0.3 is 14.8 Å². The van der Waals surface area contributed by atoms with Gasteiger partial charge in [0, 0.05) is 23.9 Å². The van der Waals surface area contributed by atoms with E-state index in [4.69, 9.17) is 9.47 Å². The van der Waals surface area contributed by atoms with Gasteiger partial charge in [0.15, 0.2) is 11.5 Å². The van der Waals surface area contributed by atoms with Crippen LogP contribution in [0.2, 0.25) is 0 Å². The minimum atomic E-state index is -0.187. The molecule has 7 heteroatoms. The topological polar surface area (TPSA) is 65.4 Å². The monoisotopic (exact) mass is 395 g/mol. The fraction of sp³-hybridized carbons (Fsp3) is 0.412. The third kappa shape index (κ3) is 3.72. The normalized spacial score (nSPS) is 11.9. The van der Waals surface area contributed by atoms with Gasteiger partial charge in [-0.25, -0.2) is 0 Å². The lowest BCUT2D eigenvalue weighted by molar-refractivity contribution is 0.0939. The highest BCUT2D eigenvalue weighted by Crippen LogP contribution is 2.36. The molecule has 6 nitrogen and oxygen atoms in total. The van der Waals surface area contributed by atoms with Crippen LogP contribution in [0, 0.1) is 6.92 Å².